The summed E-state index contributed by atoms with van der Waals surface area (Å²) in [5, 5.41) is 4.02. The summed E-state index contributed by atoms with van der Waals surface area (Å²) in [6.45, 7) is 8.20. The molecule has 1 aliphatic heterocycles. The number of hydrogen-bond donors (Lipinski definition) is 1. The van der Waals surface area contributed by atoms with Gasteiger partial charge in [0.05, 0.1) is 11.1 Å². The molecule has 0 bridgehead atoms. The zero-order valence-electron chi connectivity index (χ0n) is 17.4. The van der Waals surface area contributed by atoms with E-state index in [4.69, 9.17) is 4.98 Å². The molecule has 29 heavy (non-hydrogen) atoms. The quantitative estimate of drug-likeness (QED) is 0.622. The number of hydrogen-bond acceptors (Lipinski definition) is 3. The van der Waals surface area contributed by atoms with Gasteiger partial charge in [0.15, 0.2) is 0 Å². The molecule has 2 aromatic carbocycles. The molecule has 0 saturated carbocycles. The van der Waals surface area contributed by atoms with Gasteiger partial charge in [-0.2, -0.15) is 0 Å². The van der Waals surface area contributed by atoms with E-state index in [0.717, 1.165) is 40.7 Å². The lowest BCUT2D eigenvalue weighted by molar-refractivity contribution is 0.0953. The Labute approximate surface area is 173 Å². The van der Waals surface area contributed by atoms with Crippen molar-refractivity contribution >= 4 is 16.8 Å². The molecule has 0 radical (unpaired) electrons. The molecule has 2 heterocycles. The molecule has 1 aromatic heterocycles. The Kier molecular flexibility index (Phi) is 5.91. The van der Waals surface area contributed by atoms with Crippen LogP contribution >= 0.6 is 0 Å². The highest BCUT2D eigenvalue weighted by Crippen LogP contribution is 2.29. The molecule has 0 spiro atoms. The van der Waals surface area contributed by atoms with Crippen LogP contribution in [0.1, 0.15) is 40.9 Å². The number of nitrogens with one attached hydrogen (secondary N) is 1. The van der Waals surface area contributed by atoms with Crippen LogP contribution in [-0.4, -0.2) is 42.0 Å². The molecule has 0 unspecified atom stereocenters. The molecule has 1 aliphatic rings. The molecule has 4 nitrogen and oxygen atoms in total. The van der Waals surface area contributed by atoms with Crippen molar-refractivity contribution in [2.75, 3.05) is 26.2 Å². The zero-order chi connectivity index (χ0) is 20.2. The van der Waals surface area contributed by atoms with Crippen LogP contribution in [0.5, 0.6) is 0 Å². The first-order valence-electron chi connectivity index (χ1n) is 10.6. The van der Waals surface area contributed by atoms with Crippen molar-refractivity contribution in [1.82, 2.24) is 15.2 Å². The summed E-state index contributed by atoms with van der Waals surface area (Å²) in [7, 11) is 0. The van der Waals surface area contributed by atoms with Crippen molar-refractivity contribution in [3.8, 4) is 11.1 Å². The summed E-state index contributed by atoms with van der Waals surface area (Å²) in [5.74, 6) is -0.0111. The average molecular weight is 388 g/mol. The normalized spacial score (nSPS) is 14.4. The van der Waals surface area contributed by atoms with Crippen LogP contribution in [0.4, 0.5) is 0 Å². The van der Waals surface area contributed by atoms with Crippen LogP contribution in [0.2, 0.25) is 0 Å². The second kappa shape index (κ2) is 8.75. The summed E-state index contributed by atoms with van der Waals surface area (Å²) in [6, 6.07) is 16.4. The van der Waals surface area contributed by atoms with Crippen molar-refractivity contribution in [3.05, 3.63) is 65.4 Å². The molecule has 1 saturated heterocycles. The molecule has 1 N–H and O–H groups in total. The molecule has 1 fully saturated rings. The van der Waals surface area contributed by atoms with Crippen molar-refractivity contribution in [2.24, 2.45) is 0 Å². The Morgan fingerprint density at radius 2 is 1.83 bits per heavy atom. The Hall–Kier alpha value is -2.72. The van der Waals surface area contributed by atoms with Crippen LogP contribution in [0, 0.1) is 13.8 Å². The summed E-state index contributed by atoms with van der Waals surface area (Å²) in [5.41, 5.74) is 5.87. The van der Waals surface area contributed by atoms with Gasteiger partial charge in [-0.15, -0.1) is 0 Å². The van der Waals surface area contributed by atoms with Crippen LogP contribution < -0.4 is 5.32 Å². The Balaban J connectivity index is 1.56. The van der Waals surface area contributed by atoms with E-state index in [-0.39, 0.29) is 5.91 Å². The van der Waals surface area contributed by atoms with Crippen LogP contribution in [0.25, 0.3) is 22.0 Å². The van der Waals surface area contributed by atoms with E-state index < -0.39 is 0 Å². The van der Waals surface area contributed by atoms with Gasteiger partial charge in [-0.3, -0.25) is 9.78 Å². The SMILES string of the molecule is Cc1ccc(-c2cccc3c(C(=O)NCCCN4CCCC4)cc(C)nc23)cc1. The van der Waals surface area contributed by atoms with Gasteiger partial charge in [-0.25, -0.2) is 0 Å². The van der Waals surface area contributed by atoms with Gasteiger partial charge in [0.2, 0.25) is 0 Å². The number of aromatic nitrogens is 1. The van der Waals surface area contributed by atoms with E-state index >= 15 is 0 Å². The first-order valence-corrected chi connectivity index (χ1v) is 10.6. The number of carbonyl (C=O) groups is 1. The third-order valence-corrected chi connectivity index (χ3v) is 5.71. The number of rotatable bonds is 6. The van der Waals surface area contributed by atoms with E-state index in [2.05, 4.69) is 47.5 Å². The predicted octanol–water partition coefficient (Wildman–Crippen LogP) is 4.73. The average Bonchev–Trinajstić information content (AvgIpc) is 3.24. The monoisotopic (exact) mass is 387 g/mol. The molecule has 3 aromatic rings. The van der Waals surface area contributed by atoms with Gasteiger partial charge in [0.1, 0.15) is 0 Å². The summed E-state index contributed by atoms with van der Waals surface area (Å²) in [6.07, 6.45) is 3.60. The van der Waals surface area contributed by atoms with Crippen LogP contribution in [0.15, 0.2) is 48.5 Å². The van der Waals surface area contributed by atoms with E-state index in [9.17, 15) is 4.79 Å². The minimum atomic E-state index is -0.0111. The Morgan fingerprint density at radius 3 is 2.59 bits per heavy atom. The first-order chi connectivity index (χ1) is 14.1. The Bertz CT molecular complexity index is 1000. The fourth-order valence-electron chi connectivity index (χ4n) is 4.14. The van der Waals surface area contributed by atoms with E-state index in [1.54, 1.807) is 0 Å². The summed E-state index contributed by atoms with van der Waals surface area (Å²) >= 11 is 0. The number of para-hydroxylation sites is 1. The van der Waals surface area contributed by atoms with Gasteiger partial charge in [0, 0.05) is 23.2 Å². The predicted molar refractivity (Wildman–Crippen MR) is 119 cm³/mol. The molecule has 4 heteroatoms. The topological polar surface area (TPSA) is 45.2 Å². The van der Waals surface area contributed by atoms with Crippen molar-refractivity contribution in [2.45, 2.75) is 33.1 Å². The fourth-order valence-corrected chi connectivity index (χ4v) is 4.14. The maximum absolute atomic E-state index is 12.9. The van der Waals surface area contributed by atoms with Crippen molar-refractivity contribution < 1.29 is 4.79 Å². The number of fused-ring (bicyclic) bond motifs is 1. The van der Waals surface area contributed by atoms with Gasteiger partial charge in [-0.1, -0.05) is 48.0 Å². The second-order valence-electron chi connectivity index (χ2n) is 8.04. The second-order valence-corrected chi connectivity index (χ2v) is 8.04. The standard InChI is InChI=1S/C25H29N3O/c1-18-9-11-20(12-10-18)21-7-5-8-22-23(17-19(2)27-24(21)22)25(29)26-13-6-16-28-14-3-4-15-28/h5,7-12,17H,3-4,6,13-16H2,1-2H3,(H,26,29). The molecule has 150 valence electrons. The number of likely N-dealkylation sites (tertiary alicyclic amines) is 1. The third-order valence-electron chi connectivity index (χ3n) is 5.71. The fraction of sp³-hybridized carbons (Fsp3) is 0.360. The van der Waals surface area contributed by atoms with Gasteiger partial charge >= 0.3 is 0 Å². The molecule has 4 rings (SSSR count). The number of amides is 1. The molecule has 0 aliphatic carbocycles. The van der Waals surface area contributed by atoms with E-state index in [0.29, 0.717) is 12.1 Å². The van der Waals surface area contributed by atoms with Crippen LogP contribution in [-0.2, 0) is 0 Å². The lowest BCUT2D eigenvalue weighted by atomic mass is 9.98. The lowest BCUT2D eigenvalue weighted by Crippen LogP contribution is -2.28. The zero-order valence-corrected chi connectivity index (χ0v) is 17.4. The molecule has 1 amide bonds. The number of carbonyl (C=O) groups excluding carboxylic acids is 1. The van der Waals surface area contributed by atoms with Crippen LogP contribution in [0.3, 0.4) is 0 Å². The summed E-state index contributed by atoms with van der Waals surface area (Å²) < 4.78 is 0. The molecule has 0 atom stereocenters. The number of aryl methyl sites for hydroxylation is 2. The minimum Gasteiger partial charge on any atom is -0.352 e. The minimum absolute atomic E-state index is 0.0111. The molecular formula is C25H29N3O. The highest BCUT2D eigenvalue weighted by molar-refractivity contribution is 6.09. The smallest absolute Gasteiger partial charge is 0.252 e. The van der Waals surface area contributed by atoms with Gasteiger partial charge < -0.3 is 10.2 Å². The van der Waals surface area contributed by atoms with E-state index in [1.807, 2.05) is 25.1 Å². The third kappa shape index (κ3) is 4.48. The largest absolute Gasteiger partial charge is 0.352 e. The summed E-state index contributed by atoms with van der Waals surface area (Å²) in [4.78, 5) is 20.2. The Morgan fingerprint density at radius 1 is 1.07 bits per heavy atom. The van der Waals surface area contributed by atoms with Gasteiger partial charge in [0.25, 0.3) is 5.91 Å². The number of pyridine rings is 1. The van der Waals surface area contributed by atoms with E-state index in [1.165, 1.54) is 31.5 Å². The maximum Gasteiger partial charge on any atom is 0.252 e. The van der Waals surface area contributed by atoms with Crippen molar-refractivity contribution in [3.63, 3.8) is 0 Å². The van der Waals surface area contributed by atoms with Gasteiger partial charge in [-0.05, 0) is 64.4 Å². The molecular weight excluding hydrogens is 358 g/mol. The highest BCUT2D eigenvalue weighted by Gasteiger charge is 2.15. The first kappa shape index (κ1) is 19.6. The maximum atomic E-state index is 12.9. The highest BCUT2D eigenvalue weighted by atomic mass is 16.1. The van der Waals surface area contributed by atoms with Crippen molar-refractivity contribution in [1.29, 1.82) is 0 Å². The number of benzene rings is 2. The number of nitrogens with zero attached hydrogens (tertiary/aromatic N) is 2. The lowest BCUT2D eigenvalue weighted by Gasteiger charge is -2.15.